The average Bonchev–Trinajstić information content (AvgIpc) is 2.06. The van der Waals surface area contributed by atoms with Crippen molar-refractivity contribution in [1.29, 1.82) is 0 Å². The highest BCUT2D eigenvalue weighted by Crippen LogP contribution is 2.74. The van der Waals surface area contributed by atoms with Crippen molar-refractivity contribution < 1.29 is 9.47 Å². The quantitative estimate of drug-likeness (QED) is 0.626. The van der Waals surface area contributed by atoms with Gasteiger partial charge in [0, 0.05) is 13.7 Å². The van der Waals surface area contributed by atoms with E-state index in [1.165, 1.54) is 25.7 Å². The van der Waals surface area contributed by atoms with Crippen LogP contribution in [-0.2, 0) is 9.47 Å². The minimum Gasteiger partial charge on any atom is -0.382 e. The van der Waals surface area contributed by atoms with Crippen LogP contribution >= 0.6 is 0 Å². The van der Waals surface area contributed by atoms with Gasteiger partial charge in [-0.05, 0) is 43.1 Å². The lowest BCUT2D eigenvalue weighted by Crippen LogP contribution is -2.64. The van der Waals surface area contributed by atoms with E-state index in [1.807, 2.05) is 0 Å². The van der Waals surface area contributed by atoms with Gasteiger partial charge in [-0.1, -0.05) is 0 Å². The largest absolute Gasteiger partial charge is 0.382 e. The first-order chi connectivity index (χ1) is 6.74. The molecule has 3 rings (SSSR count). The van der Waals surface area contributed by atoms with Crippen LogP contribution < -0.4 is 5.73 Å². The Hall–Kier alpha value is -0.120. The first-order valence-corrected chi connectivity index (χ1v) is 5.51. The molecular formula is C11H21NO2. The van der Waals surface area contributed by atoms with E-state index < -0.39 is 0 Å². The molecule has 0 atom stereocenters. The lowest BCUT2D eigenvalue weighted by Gasteiger charge is -2.71. The summed E-state index contributed by atoms with van der Waals surface area (Å²) in [6, 6.07) is 0. The SMILES string of the molecule is COCCOCCC12CC(CN)(C1)C2. The Morgan fingerprint density at radius 2 is 1.79 bits per heavy atom. The summed E-state index contributed by atoms with van der Waals surface area (Å²) >= 11 is 0. The highest BCUT2D eigenvalue weighted by Gasteiger charge is 2.65. The van der Waals surface area contributed by atoms with Crippen LogP contribution in [-0.4, -0.2) is 33.5 Å². The number of hydrogen-bond donors (Lipinski definition) is 1. The second kappa shape index (κ2) is 3.80. The van der Waals surface area contributed by atoms with Gasteiger partial charge in [0.05, 0.1) is 13.2 Å². The van der Waals surface area contributed by atoms with E-state index in [2.05, 4.69) is 0 Å². The highest BCUT2D eigenvalue weighted by atomic mass is 16.5. The number of nitrogens with two attached hydrogens (primary N) is 1. The third kappa shape index (κ3) is 1.69. The summed E-state index contributed by atoms with van der Waals surface area (Å²) in [7, 11) is 1.70. The Morgan fingerprint density at radius 3 is 2.36 bits per heavy atom. The molecule has 0 aromatic heterocycles. The van der Waals surface area contributed by atoms with E-state index in [0.29, 0.717) is 17.4 Å². The molecule has 0 spiro atoms. The molecule has 3 saturated carbocycles. The van der Waals surface area contributed by atoms with Gasteiger partial charge >= 0.3 is 0 Å². The Morgan fingerprint density at radius 1 is 1.07 bits per heavy atom. The smallest absolute Gasteiger partial charge is 0.0700 e. The molecule has 2 N–H and O–H groups in total. The summed E-state index contributed by atoms with van der Waals surface area (Å²) < 4.78 is 10.4. The molecule has 0 radical (unpaired) electrons. The average molecular weight is 199 g/mol. The van der Waals surface area contributed by atoms with Crippen molar-refractivity contribution in [3.63, 3.8) is 0 Å². The van der Waals surface area contributed by atoms with Gasteiger partial charge in [0.25, 0.3) is 0 Å². The summed E-state index contributed by atoms with van der Waals surface area (Å²) in [6.45, 7) is 3.22. The van der Waals surface area contributed by atoms with Crippen molar-refractivity contribution in [2.24, 2.45) is 16.6 Å². The van der Waals surface area contributed by atoms with Crippen molar-refractivity contribution in [2.75, 3.05) is 33.5 Å². The molecule has 3 aliphatic rings. The lowest BCUT2D eigenvalue weighted by atomic mass is 9.34. The molecule has 0 amide bonds. The van der Waals surface area contributed by atoms with Gasteiger partial charge in [-0.15, -0.1) is 0 Å². The van der Waals surface area contributed by atoms with Gasteiger partial charge in [-0.2, -0.15) is 0 Å². The predicted molar refractivity (Wildman–Crippen MR) is 55.1 cm³/mol. The van der Waals surface area contributed by atoms with Gasteiger partial charge in [-0.3, -0.25) is 0 Å². The normalized spacial score (nSPS) is 39.0. The second-order valence-corrected chi connectivity index (χ2v) is 5.09. The second-order valence-electron chi connectivity index (χ2n) is 5.09. The van der Waals surface area contributed by atoms with Gasteiger partial charge in [-0.25, -0.2) is 0 Å². The fourth-order valence-electron chi connectivity index (χ4n) is 3.25. The molecule has 14 heavy (non-hydrogen) atoms. The third-order valence-corrected chi connectivity index (χ3v) is 3.89. The van der Waals surface area contributed by atoms with Gasteiger partial charge in [0.1, 0.15) is 0 Å². The van der Waals surface area contributed by atoms with E-state index in [4.69, 9.17) is 15.2 Å². The van der Waals surface area contributed by atoms with Gasteiger partial charge in [0.15, 0.2) is 0 Å². The molecule has 0 unspecified atom stereocenters. The first kappa shape index (κ1) is 10.4. The molecule has 2 bridgehead atoms. The van der Waals surface area contributed by atoms with Gasteiger partial charge in [0.2, 0.25) is 0 Å². The van der Waals surface area contributed by atoms with Crippen LogP contribution in [0.1, 0.15) is 25.7 Å². The number of ether oxygens (including phenoxy) is 2. The predicted octanol–water partition coefficient (Wildman–Crippen LogP) is 1.17. The van der Waals surface area contributed by atoms with E-state index in [9.17, 15) is 0 Å². The lowest BCUT2D eigenvalue weighted by molar-refractivity contribution is -0.206. The van der Waals surface area contributed by atoms with E-state index in [1.54, 1.807) is 7.11 Å². The van der Waals surface area contributed by atoms with Crippen molar-refractivity contribution in [2.45, 2.75) is 25.7 Å². The molecule has 0 heterocycles. The van der Waals surface area contributed by atoms with E-state index in [-0.39, 0.29) is 0 Å². The van der Waals surface area contributed by atoms with Crippen LogP contribution in [0.2, 0.25) is 0 Å². The Bertz CT molecular complexity index is 186. The molecule has 0 aromatic rings. The molecule has 0 aliphatic heterocycles. The van der Waals surface area contributed by atoms with Crippen molar-refractivity contribution >= 4 is 0 Å². The maximum Gasteiger partial charge on any atom is 0.0700 e. The third-order valence-electron chi connectivity index (χ3n) is 3.89. The summed E-state index contributed by atoms with van der Waals surface area (Å²) in [4.78, 5) is 0. The van der Waals surface area contributed by atoms with Gasteiger partial charge < -0.3 is 15.2 Å². The maximum absolute atomic E-state index is 5.71. The van der Waals surface area contributed by atoms with Crippen molar-refractivity contribution in [3.05, 3.63) is 0 Å². The minimum atomic E-state index is 0.562. The summed E-state index contributed by atoms with van der Waals surface area (Å²) in [6.07, 6.45) is 5.27. The van der Waals surface area contributed by atoms with Crippen LogP contribution in [0.4, 0.5) is 0 Å². The summed E-state index contributed by atoms with van der Waals surface area (Å²) in [5.74, 6) is 0. The van der Waals surface area contributed by atoms with Crippen LogP contribution in [0, 0.1) is 10.8 Å². The highest BCUT2D eigenvalue weighted by molar-refractivity contribution is 5.17. The number of hydrogen-bond acceptors (Lipinski definition) is 3. The van der Waals surface area contributed by atoms with Crippen molar-refractivity contribution in [3.8, 4) is 0 Å². The zero-order valence-electron chi connectivity index (χ0n) is 9.05. The topological polar surface area (TPSA) is 44.5 Å². The first-order valence-electron chi connectivity index (χ1n) is 5.51. The van der Waals surface area contributed by atoms with E-state index in [0.717, 1.165) is 19.8 Å². The van der Waals surface area contributed by atoms with Crippen LogP contribution in [0.5, 0.6) is 0 Å². The van der Waals surface area contributed by atoms with Crippen LogP contribution in [0.25, 0.3) is 0 Å². The monoisotopic (exact) mass is 199 g/mol. The molecular weight excluding hydrogens is 178 g/mol. The fraction of sp³-hybridized carbons (Fsp3) is 1.00. The molecule has 0 saturated heterocycles. The Kier molecular flexibility index (Phi) is 2.82. The number of methoxy groups -OCH3 is 1. The molecule has 0 aromatic carbocycles. The minimum absolute atomic E-state index is 0.562. The molecule has 3 aliphatic carbocycles. The van der Waals surface area contributed by atoms with E-state index >= 15 is 0 Å². The Labute approximate surface area is 85.9 Å². The van der Waals surface area contributed by atoms with Crippen LogP contribution in [0.15, 0.2) is 0 Å². The molecule has 3 fully saturated rings. The van der Waals surface area contributed by atoms with Crippen molar-refractivity contribution in [1.82, 2.24) is 0 Å². The summed E-state index contributed by atoms with van der Waals surface area (Å²) in [5.41, 5.74) is 6.90. The molecule has 3 heteroatoms. The maximum atomic E-state index is 5.71. The fourth-order valence-corrected chi connectivity index (χ4v) is 3.25. The zero-order valence-corrected chi connectivity index (χ0v) is 9.05. The molecule has 82 valence electrons. The number of rotatable bonds is 7. The Balaban J connectivity index is 1.53. The zero-order chi connectivity index (χ0) is 10.1. The summed E-state index contributed by atoms with van der Waals surface area (Å²) in [5, 5.41) is 0. The molecule has 3 nitrogen and oxygen atoms in total. The standard InChI is InChI=1S/C11H21NO2/c1-13-4-5-14-3-2-10-6-11(7-10,8-10)9-12/h2-9,12H2,1H3. The van der Waals surface area contributed by atoms with Crippen LogP contribution in [0.3, 0.4) is 0 Å².